The maximum absolute atomic E-state index is 12.2. The summed E-state index contributed by atoms with van der Waals surface area (Å²) in [6.45, 7) is 8.65. The van der Waals surface area contributed by atoms with Gasteiger partial charge in [-0.05, 0) is 31.9 Å². The zero-order chi connectivity index (χ0) is 18.2. The number of ether oxygens (including phenoxy) is 1. The Balaban J connectivity index is 2.00. The van der Waals surface area contributed by atoms with Crippen LogP contribution in [-0.2, 0) is 11.3 Å². The minimum atomic E-state index is -0.265. The molecule has 0 bridgehead atoms. The van der Waals surface area contributed by atoms with E-state index in [9.17, 15) is 4.79 Å². The van der Waals surface area contributed by atoms with Crippen molar-refractivity contribution in [2.75, 3.05) is 18.4 Å². The van der Waals surface area contributed by atoms with Crippen molar-refractivity contribution in [1.82, 2.24) is 10.2 Å². The Hall–Kier alpha value is -2.10. The lowest BCUT2D eigenvalue weighted by atomic mass is 10.1. The number of amides is 2. The van der Waals surface area contributed by atoms with Gasteiger partial charge < -0.3 is 15.4 Å². The summed E-state index contributed by atoms with van der Waals surface area (Å²) in [4.78, 5) is 14.6. The van der Waals surface area contributed by atoms with Crippen molar-refractivity contribution in [1.29, 1.82) is 5.26 Å². The van der Waals surface area contributed by atoms with Crippen molar-refractivity contribution in [2.24, 2.45) is 0 Å². The Labute approximate surface area is 150 Å². The molecule has 136 valence electrons. The molecule has 0 aliphatic carbocycles. The second-order valence-corrected chi connectivity index (χ2v) is 6.67. The number of morpholine rings is 1. The molecular formula is C19H28N4O2. The second-order valence-electron chi connectivity index (χ2n) is 6.67. The lowest BCUT2D eigenvalue weighted by Gasteiger charge is -2.35. The van der Waals surface area contributed by atoms with Gasteiger partial charge in [-0.2, -0.15) is 5.26 Å². The van der Waals surface area contributed by atoms with E-state index in [1.165, 1.54) is 0 Å². The van der Waals surface area contributed by atoms with Gasteiger partial charge in [-0.25, -0.2) is 4.79 Å². The molecule has 6 heteroatoms. The number of urea groups is 1. The van der Waals surface area contributed by atoms with Crippen molar-refractivity contribution in [2.45, 2.75) is 58.4 Å². The number of nitriles is 1. The smallest absolute Gasteiger partial charge is 0.319 e. The van der Waals surface area contributed by atoms with Crippen LogP contribution >= 0.6 is 0 Å². The van der Waals surface area contributed by atoms with Crippen LogP contribution < -0.4 is 10.6 Å². The number of hydrogen-bond acceptors (Lipinski definition) is 4. The molecule has 0 saturated carbocycles. The van der Waals surface area contributed by atoms with Crippen molar-refractivity contribution in [3.05, 3.63) is 29.8 Å². The van der Waals surface area contributed by atoms with E-state index in [-0.39, 0.29) is 24.3 Å². The fraction of sp³-hybridized carbons (Fsp3) is 0.579. The molecule has 1 fully saturated rings. The van der Waals surface area contributed by atoms with E-state index in [1.807, 2.05) is 31.2 Å². The molecule has 1 saturated heterocycles. The molecule has 25 heavy (non-hydrogen) atoms. The number of carbonyl (C=O) groups is 1. The van der Waals surface area contributed by atoms with Crippen LogP contribution in [0.4, 0.5) is 10.5 Å². The zero-order valence-electron chi connectivity index (χ0n) is 15.3. The molecule has 1 aromatic carbocycles. The quantitative estimate of drug-likeness (QED) is 0.831. The predicted molar refractivity (Wildman–Crippen MR) is 98.2 cm³/mol. The molecule has 2 amide bonds. The fourth-order valence-electron chi connectivity index (χ4n) is 3.19. The average molecular weight is 344 g/mol. The van der Waals surface area contributed by atoms with Gasteiger partial charge in [0.25, 0.3) is 0 Å². The Bertz CT molecular complexity index is 604. The predicted octanol–water partition coefficient (Wildman–Crippen LogP) is 3.11. The highest BCUT2D eigenvalue weighted by molar-refractivity contribution is 5.90. The molecule has 1 aromatic rings. The number of nitrogens with one attached hydrogen (secondary N) is 2. The molecule has 1 aliphatic heterocycles. The molecule has 6 nitrogen and oxygen atoms in total. The first-order valence-electron chi connectivity index (χ1n) is 8.92. The average Bonchev–Trinajstić information content (AvgIpc) is 2.55. The molecule has 1 aliphatic rings. The molecule has 0 radical (unpaired) electrons. The molecule has 3 atom stereocenters. The molecule has 2 rings (SSSR count). The molecule has 0 spiro atoms. The van der Waals surface area contributed by atoms with Crippen LogP contribution in [0, 0.1) is 11.3 Å². The number of hydrogen-bond donors (Lipinski definition) is 2. The number of nitrogens with zero attached hydrogens (tertiary/aromatic N) is 2. The zero-order valence-corrected chi connectivity index (χ0v) is 15.3. The van der Waals surface area contributed by atoms with Crippen molar-refractivity contribution in [3.63, 3.8) is 0 Å². The van der Waals surface area contributed by atoms with Gasteiger partial charge in [0.2, 0.25) is 0 Å². The third-order valence-corrected chi connectivity index (χ3v) is 4.32. The molecule has 0 aromatic heterocycles. The summed E-state index contributed by atoms with van der Waals surface area (Å²) in [7, 11) is 0. The summed E-state index contributed by atoms with van der Waals surface area (Å²) >= 11 is 0. The number of anilines is 1. The van der Waals surface area contributed by atoms with Crippen molar-refractivity contribution in [3.8, 4) is 6.07 Å². The first-order valence-corrected chi connectivity index (χ1v) is 8.92. The third-order valence-electron chi connectivity index (χ3n) is 4.32. The SMILES string of the molecule is CC[C@H](CC#N)NC(=O)Nc1ccccc1CN1C[C@H](C)O[C@@H](C)C1. The van der Waals surface area contributed by atoms with Gasteiger partial charge in [0.15, 0.2) is 0 Å². The highest BCUT2D eigenvalue weighted by atomic mass is 16.5. The van der Waals surface area contributed by atoms with E-state index in [4.69, 9.17) is 10.00 Å². The molecule has 2 N–H and O–H groups in total. The standard InChI is InChI=1S/C19H28N4O2/c1-4-17(9-10-20)21-19(24)22-18-8-6-5-7-16(18)13-23-11-14(2)25-15(3)12-23/h5-8,14-15,17H,4,9,11-13H2,1-3H3,(H2,21,22,24)/t14-,15-,17+/m0/s1. The lowest BCUT2D eigenvalue weighted by molar-refractivity contribution is -0.0704. The highest BCUT2D eigenvalue weighted by Gasteiger charge is 2.23. The van der Waals surface area contributed by atoms with Crippen LogP contribution in [0.3, 0.4) is 0 Å². The maximum Gasteiger partial charge on any atom is 0.319 e. The number of para-hydroxylation sites is 1. The van der Waals surface area contributed by atoms with Crippen LogP contribution in [0.25, 0.3) is 0 Å². The third kappa shape index (κ3) is 6.04. The summed E-state index contributed by atoms with van der Waals surface area (Å²) in [6.07, 6.45) is 1.47. The molecule has 1 heterocycles. The minimum absolute atomic E-state index is 0.127. The van der Waals surface area contributed by atoms with Crippen molar-refractivity contribution < 1.29 is 9.53 Å². The minimum Gasteiger partial charge on any atom is -0.373 e. The summed E-state index contributed by atoms with van der Waals surface area (Å²) in [6, 6.07) is 9.55. The van der Waals surface area contributed by atoms with E-state index < -0.39 is 0 Å². The van der Waals surface area contributed by atoms with Crippen LogP contribution in [0.5, 0.6) is 0 Å². The van der Waals surface area contributed by atoms with Crippen molar-refractivity contribution >= 4 is 11.7 Å². The topological polar surface area (TPSA) is 77.4 Å². The van der Waals surface area contributed by atoms with Crippen LogP contribution in [-0.4, -0.2) is 42.3 Å². The molecular weight excluding hydrogens is 316 g/mol. The van der Waals surface area contributed by atoms with Gasteiger partial charge in [0, 0.05) is 31.4 Å². The Morgan fingerprint density at radius 2 is 2.04 bits per heavy atom. The largest absolute Gasteiger partial charge is 0.373 e. The Kier molecular flexibility index (Phi) is 7.23. The van der Waals surface area contributed by atoms with Gasteiger partial charge in [0.05, 0.1) is 24.7 Å². The van der Waals surface area contributed by atoms with Crippen LogP contribution in [0.1, 0.15) is 39.2 Å². The van der Waals surface area contributed by atoms with E-state index in [2.05, 4.69) is 35.5 Å². The van der Waals surface area contributed by atoms with E-state index in [0.29, 0.717) is 6.42 Å². The highest BCUT2D eigenvalue weighted by Crippen LogP contribution is 2.20. The summed E-state index contributed by atoms with van der Waals surface area (Å²) in [5.41, 5.74) is 1.88. The van der Waals surface area contributed by atoms with Crippen LogP contribution in [0.2, 0.25) is 0 Å². The van der Waals surface area contributed by atoms with Gasteiger partial charge in [-0.15, -0.1) is 0 Å². The van der Waals surface area contributed by atoms with Crippen LogP contribution in [0.15, 0.2) is 24.3 Å². The normalized spacial score (nSPS) is 22.0. The summed E-state index contributed by atoms with van der Waals surface area (Å²) in [5.74, 6) is 0. The van der Waals surface area contributed by atoms with E-state index in [1.54, 1.807) is 0 Å². The van der Waals surface area contributed by atoms with Gasteiger partial charge >= 0.3 is 6.03 Å². The Morgan fingerprint density at radius 3 is 2.68 bits per heavy atom. The summed E-state index contributed by atoms with van der Waals surface area (Å²) in [5, 5.41) is 14.6. The molecule has 0 unspecified atom stereocenters. The lowest BCUT2D eigenvalue weighted by Crippen LogP contribution is -2.45. The van der Waals surface area contributed by atoms with E-state index >= 15 is 0 Å². The van der Waals surface area contributed by atoms with E-state index in [0.717, 1.165) is 37.3 Å². The summed E-state index contributed by atoms with van der Waals surface area (Å²) < 4.78 is 5.78. The van der Waals surface area contributed by atoms with Gasteiger partial charge in [-0.1, -0.05) is 25.1 Å². The monoisotopic (exact) mass is 344 g/mol. The first kappa shape index (κ1) is 19.2. The van der Waals surface area contributed by atoms with Gasteiger partial charge in [0.1, 0.15) is 0 Å². The second kappa shape index (κ2) is 9.40. The maximum atomic E-state index is 12.2. The van der Waals surface area contributed by atoms with Gasteiger partial charge in [-0.3, -0.25) is 4.90 Å². The first-order chi connectivity index (χ1) is 12.0. The number of benzene rings is 1. The fourth-order valence-corrected chi connectivity index (χ4v) is 3.19. The number of carbonyl (C=O) groups excluding carboxylic acids is 1. The number of rotatable bonds is 6. The Morgan fingerprint density at radius 1 is 1.36 bits per heavy atom.